The van der Waals surface area contributed by atoms with E-state index in [-0.39, 0.29) is 12.6 Å². The van der Waals surface area contributed by atoms with Gasteiger partial charge in [0.15, 0.2) is 0 Å². The number of rotatable bonds is 8. The van der Waals surface area contributed by atoms with Crippen molar-refractivity contribution in [2.75, 3.05) is 18.1 Å². The zero-order valence-electron chi connectivity index (χ0n) is 19.2. The molecule has 1 heterocycles. The number of nitrogens with zero attached hydrogens (tertiary/aromatic N) is 2. The summed E-state index contributed by atoms with van der Waals surface area (Å²) in [6, 6.07) is 28.3. The van der Waals surface area contributed by atoms with E-state index in [1.807, 2.05) is 60.7 Å². The Hall–Kier alpha value is -3.90. The highest BCUT2D eigenvalue weighted by Crippen LogP contribution is 2.34. The minimum atomic E-state index is -0.699. The minimum absolute atomic E-state index is 0.119. The molecular weight excluding hydrogens is 428 g/mol. The number of allylic oxidation sites excluding steroid dienone is 1. The van der Waals surface area contributed by atoms with Crippen LogP contribution in [0.3, 0.4) is 0 Å². The fourth-order valence-electron chi connectivity index (χ4n) is 3.95. The largest absolute Gasteiger partial charge is 0.421 e. The van der Waals surface area contributed by atoms with Crippen LogP contribution < -0.4 is 4.90 Å². The Morgan fingerprint density at radius 1 is 0.941 bits per heavy atom. The van der Waals surface area contributed by atoms with Crippen LogP contribution in [0.1, 0.15) is 25.3 Å². The Bertz CT molecular complexity index is 1070. The molecule has 0 saturated carbocycles. The number of amides is 2. The van der Waals surface area contributed by atoms with E-state index < -0.39 is 6.09 Å². The van der Waals surface area contributed by atoms with E-state index in [0.29, 0.717) is 18.8 Å². The predicted molar refractivity (Wildman–Crippen MR) is 133 cm³/mol. The number of hydrogen-bond donors (Lipinski definition) is 0. The van der Waals surface area contributed by atoms with Gasteiger partial charge in [-0.15, -0.1) is 0 Å². The van der Waals surface area contributed by atoms with Gasteiger partial charge in [-0.3, -0.25) is 4.79 Å². The molecule has 1 aliphatic heterocycles. The molecular formula is C28H28N2O4. The summed E-state index contributed by atoms with van der Waals surface area (Å²) in [4.78, 5) is 26.9. The second-order valence-electron chi connectivity index (χ2n) is 8.11. The number of carbonyl (C=O) groups excluding carboxylic acids is 2. The third-order valence-electron chi connectivity index (χ3n) is 5.58. The molecule has 6 heteroatoms. The van der Waals surface area contributed by atoms with Crippen LogP contribution in [0, 0.1) is 0 Å². The van der Waals surface area contributed by atoms with Crippen LogP contribution in [0.4, 0.5) is 21.9 Å². The summed E-state index contributed by atoms with van der Waals surface area (Å²) >= 11 is 0. The average molecular weight is 457 g/mol. The Morgan fingerprint density at radius 2 is 1.53 bits per heavy atom. The van der Waals surface area contributed by atoms with Crippen LogP contribution in [0.2, 0.25) is 0 Å². The lowest BCUT2D eigenvalue weighted by molar-refractivity contribution is -0.117. The van der Waals surface area contributed by atoms with Crippen LogP contribution in [0.15, 0.2) is 90.7 Å². The first-order chi connectivity index (χ1) is 16.6. The molecule has 1 atom stereocenters. The highest BCUT2D eigenvalue weighted by Gasteiger charge is 2.23. The molecule has 3 aromatic rings. The number of ether oxygens (including phenoxy) is 2. The van der Waals surface area contributed by atoms with Crippen LogP contribution in [-0.4, -0.2) is 36.7 Å². The quantitative estimate of drug-likeness (QED) is 0.294. The first kappa shape index (κ1) is 23.3. The van der Waals surface area contributed by atoms with Gasteiger partial charge in [0, 0.05) is 23.7 Å². The molecule has 0 aromatic heterocycles. The molecule has 0 bridgehead atoms. The standard InChI is InChI=1S/C28H28N2O4/c1-22(34-28(32)29(21-31)20-27-13-8-18-33-27)19-23-14-16-26(17-15-23)30(24-9-4-2-5-10-24)25-11-6-3-7-12-25/h2-7,9-12,14-17,19,21,27H,8,13,18,20H2,1H3/b22-19+. The lowest BCUT2D eigenvalue weighted by atomic mass is 10.1. The number of para-hydroxylation sites is 2. The van der Waals surface area contributed by atoms with Crippen molar-refractivity contribution in [1.82, 2.24) is 4.90 Å². The average Bonchev–Trinajstić information content (AvgIpc) is 3.38. The molecule has 2 amide bonds. The van der Waals surface area contributed by atoms with E-state index in [1.54, 1.807) is 13.0 Å². The maximum Gasteiger partial charge on any atom is 0.421 e. The zero-order valence-corrected chi connectivity index (χ0v) is 19.2. The van der Waals surface area contributed by atoms with Crippen molar-refractivity contribution in [3.05, 3.63) is 96.3 Å². The van der Waals surface area contributed by atoms with E-state index >= 15 is 0 Å². The van der Waals surface area contributed by atoms with Gasteiger partial charge in [0.1, 0.15) is 5.76 Å². The molecule has 0 spiro atoms. The Morgan fingerprint density at radius 3 is 2.06 bits per heavy atom. The number of carbonyl (C=O) groups is 2. The third-order valence-corrected chi connectivity index (χ3v) is 5.58. The van der Waals surface area contributed by atoms with Crippen molar-refractivity contribution < 1.29 is 19.1 Å². The highest BCUT2D eigenvalue weighted by molar-refractivity contribution is 5.81. The number of imide groups is 1. The predicted octanol–water partition coefficient (Wildman–Crippen LogP) is 6.29. The molecule has 174 valence electrons. The Labute approximate surface area is 200 Å². The lowest BCUT2D eigenvalue weighted by Gasteiger charge is -2.25. The first-order valence-electron chi connectivity index (χ1n) is 11.4. The molecule has 0 radical (unpaired) electrons. The highest BCUT2D eigenvalue weighted by atomic mass is 16.6. The van der Waals surface area contributed by atoms with Crippen molar-refractivity contribution >= 4 is 35.6 Å². The van der Waals surface area contributed by atoms with Crippen LogP contribution in [-0.2, 0) is 14.3 Å². The molecule has 0 aliphatic carbocycles. The summed E-state index contributed by atoms with van der Waals surface area (Å²) in [6.07, 6.45) is 3.22. The van der Waals surface area contributed by atoms with Crippen LogP contribution in [0.5, 0.6) is 0 Å². The molecule has 1 saturated heterocycles. The maximum atomic E-state index is 12.4. The maximum absolute atomic E-state index is 12.4. The summed E-state index contributed by atoms with van der Waals surface area (Å²) in [5.74, 6) is 0.403. The van der Waals surface area contributed by atoms with Gasteiger partial charge in [-0.2, -0.15) is 0 Å². The molecule has 1 fully saturated rings. The van der Waals surface area contributed by atoms with Gasteiger partial charge in [-0.25, -0.2) is 9.69 Å². The summed E-state index contributed by atoms with van der Waals surface area (Å²) < 4.78 is 10.9. The fourth-order valence-corrected chi connectivity index (χ4v) is 3.95. The van der Waals surface area contributed by atoms with Crippen molar-refractivity contribution in [2.45, 2.75) is 25.9 Å². The monoisotopic (exact) mass is 456 g/mol. The van der Waals surface area contributed by atoms with Crippen molar-refractivity contribution in [1.29, 1.82) is 0 Å². The molecule has 3 aromatic carbocycles. The summed E-state index contributed by atoms with van der Waals surface area (Å²) in [7, 11) is 0. The van der Waals surface area contributed by atoms with Gasteiger partial charge in [-0.05, 0) is 67.8 Å². The topological polar surface area (TPSA) is 59.1 Å². The molecule has 34 heavy (non-hydrogen) atoms. The van der Waals surface area contributed by atoms with E-state index in [0.717, 1.165) is 40.4 Å². The minimum Gasteiger partial charge on any atom is -0.415 e. The van der Waals surface area contributed by atoms with E-state index in [9.17, 15) is 9.59 Å². The SMILES string of the molecule is C/C(=C\c1ccc(N(c2ccccc2)c2ccccc2)cc1)OC(=O)N(C=O)CC1CCCO1. The molecule has 0 N–H and O–H groups in total. The van der Waals surface area contributed by atoms with Crippen LogP contribution in [0.25, 0.3) is 6.08 Å². The second kappa shape index (κ2) is 11.3. The van der Waals surface area contributed by atoms with Crippen molar-refractivity contribution in [3.8, 4) is 0 Å². The van der Waals surface area contributed by atoms with Gasteiger partial charge < -0.3 is 14.4 Å². The second-order valence-corrected chi connectivity index (χ2v) is 8.11. The number of benzene rings is 3. The summed E-state index contributed by atoms with van der Waals surface area (Å²) in [6.45, 7) is 2.56. The van der Waals surface area contributed by atoms with Crippen molar-refractivity contribution in [2.24, 2.45) is 0 Å². The van der Waals surface area contributed by atoms with E-state index in [4.69, 9.17) is 9.47 Å². The molecule has 1 unspecified atom stereocenters. The van der Waals surface area contributed by atoms with E-state index in [1.165, 1.54) is 0 Å². The normalized spacial score (nSPS) is 15.6. The Kier molecular flexibility index (Phi) is 7.73. The fraction of sp³-hybridized carbons (Fsp3) is 0.214. The smallest absolute Gasteiger partial charge is 0.415 e. The number of hydrogen-bond acceptors (Lipinski definition) is 5. The summed E-state index contributed by atoms with van der Waals surface area (Å²) in [5, 5.41) is 0. The van der Waals surface area contributed by atoms with Crippen LogP contribution >= 0.6 is 0 Å². The first-order valence-corrected chi connectivity index (χ1v) is 11.4. The zero-order chi connectivity index (χ0) is 23.8. The summed E-state index contributed by atoms with van der Waals surface area (Å²) in [5.41, 5.74) is 4.00. The van der Waals surface area contributed by atoms with E-state index in [2.05, 4.69) is 29.2 Å². The Balaban J connectivity index is 1.47. The third kappa shape index (κ3) is 5.91. The molecule has 1 aliphatic rings. The van der Waals surface area contributed by atoms with Gasteiger partial charge >= 0.3 is 6.09 Å². The molecule has 6 nitrogen and oxygen atoms in total. The van der Waals surface area contributed by atoms with Crippen molar-refractivity contribution in [3.63, 3.8) is 0 Å². The van der Waals surface area contributed by atoms with Gasteiger partial charge in [-0.1, -0.05) is 48.5 Å². The van der Waals surface area contributed by atoms with Gasteiger partial charge in [0.2, 0.25) is 6.41 Å². The van der Waals surface area contributed by atoms with Gasteiger partial charge in [0.25, 0.3) is 0 Å². The number of anilines is 3. The lowest BCUT2D eigenvalue weighted by Crippen LogP contribution is -2.36. The van der Waals surface area contributed by atoms with Gasteiger partial charge in [0.05, 0.1) is 12.6 Å². The molecule has 4 rings (SSSR count).